The van der Waals surface area contributed by atoms with Crippen LogP contribution in [0.3, 0.4) is 0 Å². The third kappa shape index (κ3) is 7.74. The first-order valence-corrected chi connectivity index (χ1v) is 3.91. The van der Waals surface area contributed by atoms with Crippen LogP contribution in [0.2, 0.25) is 0 Å². The number of hydrogen-bond acceptors (Lipinski definition) is 0. The highest BCUT2D eigenvalue weighted by atomic mass is 14.1. The maximum atomic E-state index is 2.27. The minimum Gasteiger partial charge on any atom is -0.0826 e. The molecule has 0 amide bonds. The molecule has 0 nitrogen and oxygen atoms in total. The van der Waals surface area contributed by atoms with Gasteiger partial charge in [0, 0.05) is 0 Å². The summed E-state index contributed by atoms with van der Waals surface area (Å²) < 4.78 is 0. The Morgan fingerprint density at radius 3 is 0.900 bits per heavy atom. The van der Waals surface area contributed by atoms with Gasteiger partial charge in [-0.25, -0.2) is 0 Å². The lowest BCUT2D eigenvalue weighted by molar-refractivity contribution is 0.502. The van der Waals surface area contributed by atoms with Crippen LogP contribution in [0, 0.1) is 10.8 Å². The highest BCUT2D eigenvalue weighted by Crippen LogP contribution is 2.21. The standard InChI is InChI=1S/C10H20/c1-9(2,3)7-8-10(4,5)6/h7-8H,1-6H3. The van der Waals surface area contributed by atoms with Crippen molar-refractivity contribution in [1.82, 2.24) is 0 Å². The van der Waals surface area contributed by atoms with Gasteiger partial charge in [-0.15, -0.1) is 0 Å². The van der Waals surface area contributed by atoms with Gasteiger partial charge in [-0.3, -0.25) is 0 Å². The van der Waals surface area contributed by atoms with Gasteiger partial charge >= 0.3 is 0 Å². The first-order chi connectivity index (χ1) is 4.21. The van der Waals surface area contributed by atoms with Crippen molar-refractivity contribution in [2.24, 2.45) is 10.8 Å². The van der Waals surface area contributed by atoms with E-state index in [1.165, 1.54) is 0 Å². The number of rotatable bonds is 0. The summed E-state index contributed by atoms with van der Waals surface area (Å²) in [5.74, 6) is 0. The van der Waals surface area contributed by atoms with Crippen molar-refractivity contribution in [3.8, 4) is 0 Å². The van der Waals surface area contributed by atoms with Crippen LogP contribution in [-0.4, -0.2) is 0 Å². The maximum Gasteiger partial charge on any atom is -0.0203 e. The summed E-state index contributed by atoms with van der Waals surface area (Å²) in [6.07, 6.45) is 4.54. The van der Waals surface area contributed by atoms with E-state index in [-0.39, 0.29) is 0 Å². The summed E-state index contributed by atoms with van der Waals surface area (Å²) in [6, 6.07) is 0. The molecule has 0 unspecified atom stereocenters. The fourth-order valence-electron chi connectivity index (χ4n) is 0.500. The van der Waals surface area contributed by atoms with E-state index < -0.39 is 0 Å². The van der Waals surface area contributed by atoms with Crippen molar-refractivity contribution in [2.75, 3.05) is 0 Å². The predicted molar refractivity (Wildman–Crippen MR) is 48.1 cm³/mol. The van der Waals surface area contributed by atoms with Crippen LogP contribution < -0.4 is 0 Å². The Morgan fingerprint density at radius 2 is 0.800 bits per heavy atom. The first-order valence-electron chi connectivity index (χ1n) is 3.91. The van der Waals surface area contributed by atoms with E-state index in [2.05, 4.69) is 53.7 Å². The zero-order valence-electron chi connectivity index (χ0n) is 8.15. The molecule has 0 spiro atoms. The number of allylic oxidation sites excluding steroid dienone is 2. The van der Waals surface area contributed by atoms with Gasteiger partial charge in [-0.2, -0.15) is 0 Å². The molecule has 0 saturated carbocycles. The zero-order chi connectivity index (χ0) is 8.41. The van der Waals surface area contributed by atoms with Crippen LogP contribution in [0.15, 0.2) is 12.2 Å². The quantitative estimate of drug-likeness (QED) is 0.451. The lowest BCUT2D eigenvalue weighted by Gasteiger charge is -2.17. The van der Waals surface area contributed by atoms with Gasteiger partial charge in [-0.1, -0.05) is 53.7 Å². The largest absolute Gasteiger partial charge is 0.0826 e. The van der Waals surface area contributed by atoms with E-state index in [0.717, 1.165) is 0 Å². The van der Waals surface area contributed by atoms with Gasteiger partial charge in [0.2, 0.25) is 0 Å². The first kappa shape index (κ1) is 9.74. The smallest absolute Gasteiger partial charge is 0.0203 e. The Hall–Kier alpha value is -0.260. The zero-order valence-corrected chi connectivity index (χ0v) is 8.15. The Balaban J connectivity index is 4.01. The molecule has 0 atom stereocenters. The molecular weight excluding hydrogens is 120 g/mol. The molecule has 0 fully saturated rings. The molecular formula is C10H20. The van der Waals surface area contributed by atoms with Crippen molar-refractivity contribution in [3.63, 3.8) is 0 Å². The van der Waals surface area contributed by atoms with E-state index in [0.29, 0.717) is 10.8 Å². The van der Waals surface area contributed by atoms with Crippen molar-refractivity contribution >= 4 is 0 Å². The Morgan fingerprint density at radius 1 is 0.600 bits per heavy atom. The third-order valence-corrected chi connectivity index (χ3v) is 1.08. The third-order valence-electron chi connectivity index (χ3n) is 1.08. The van der Waals surface area contributed by atoms with Gasteiger partial charge in [0.25, 0.3) is 0 Å². The summed E-state index contributed by atoms with van der Waals surface area (Å²) >= 11 is 0. The molecule has 60 valence electrons. The van der Waals surface area contributed by atoms with Crippen LogP contribution in [0.5, 0.6) is 0 Å². The van der Waals surface area contributed by atoms with Crippen LogP contribution >= 0.6 is 0 Å². The summed E-state index contributed by atoms with van der Waals surface area (Å²) in [6.45, 7) is 13.3. The second-order valence-corrected chi connectivity index (χ2v) is 5.07. The minimum atomic E-state index is 0.327. The predicted octanol–water partition coefficient (Wildman–Crippen LogP) is 3.63. The number of hydrogen-bond donors (Lipinski definition) is 0. The Bertz CT molecular complexity index is 100.0. The molecule has 0 bridgehead atoms. The van der Waals surface area contributed by atoms with Crippen molar-refractivity contribution in [1.29, 1.82) is 0 Å². The minimum absolute atomic E-state index is 0.327. The average molecular weight is 140 g/mol. The molecule has 0 heterocycles. The Labute approximate surface area is 65.3 Å². The van der Waals surface area contributed by atoms with Crippen LogP contribution in [0.1, 0.15) is 41.5 Å². The summed E-state index contributed by atoms with van der Waals surface area (Å²) in [5, 5.41) is 0. The van der Waals surface area contributed by atoms with E-state index in [1.807, 2.05) is 0 Å². The van der Waals surface area contributed by atoms with Gasteiger partial charge in [0.15, 0.2) is 0 Å². The Kier molecular flexibility index (Phi) is 2.70. The molecule has 0 aromatic carbocycles. The van der Waals surface area contributed by atoms with Crippen LogP contribution in [0.4, 0.5) is 0 Å². The molecule has 0 aliphatic carbocycles. The normalized spacial score (nSPS) is 14.6. The summed E-state index contributed by atoms with van der Waals surface area (Å²) in [5.41, 5.74) is 0.653. The topological polar surface area (TPSA) is 0 Å². The van der Waals surface area contributed by atoms with E-state index in [4.69, 9.17) is 0 Å². The lowest BCUT2D eigenvalue weighted by atomic mass is 9.89. The van der Waals surface area contributed by atoms with E-state index in [1.54, 1.807) is 0 Å². The maximum absolute atomic E-state index is 2.27. The van der Waals surface area contributed by atoms with Crippen molar-refractivity contribution in [3.05, 3.63) is 12.2 Å². The van der Waals surface area contributed by atoms with E-state index >= 15 is 0 Å². The molecule has 0 aliphatic heterocycles. The molecule has 10 heavy (non-hydrogen) atoms. The van der Waals surface area contributed by atoms with Crippen molar-refractivity contribution in [2.45, 2.75) is 41.5 Å². The van der Waals surface area contributed by atoms with E-state index in [9.17, 15) is 0 Å². The molecule has 0 radical (unpaired) electrons. The second-order valence-electron chi connectivity index (χ2n) is 5.07. The summed E-state index contributed by atoms with van der Waals surface area (Å²) in [7, 11) is 0. The van der Waals surface area contributed by atoms with Crippen molar-refractivity contribution < 1.29 is 0 Å². The van der Waals surface area contributed by atoms with Gasteiger partial charge in [0.05, 0.1) is 0 Å². The monoisotopic (exact) mass is 140 g/mol. The molecule has 0 heteroatoms. The fraction of sp³-hybridized carbons (Fsp3) is 0.800. The lowest BCUT2D eigenvalue weighted by Crippen LogP contribution is -2.04. The summed E-state index contributed by atoms with van der Waals surface area (Å²) in [4.78, 5) is 0. The molecule has 0 N–H and O–H groups in total. The van der Waals surface area contributed by atoms with Gasteiger partial charge in [-0.05, 0) is 10.8 Å². The molecule has 0 aliphatic rings. The fourth-order valence-corrected chi connectivity index (χ4v) is 0.500. The highest BCUT2D eigenvalue weighted by molar-refractivity contribution is 4.98. The average Bonchev–Trinajstić information content (AvgIpc) is 1.57. The van der Waals surface area contributed by atoms with Crippen LogP contribution in [-0.2, 0) is 0 Å². The van der Waals surface area contributed by atoms with Crippen LogP contribution in [0.25, 0.3) is 0 Å². The molecule has 0 rings (SSSR count). The highest BCUT2D eigenvalue weighted by Gasteiger charge is 2.08. The second kappa shape index (κ2) is 2.77. The SMILES string of the molecule is CC(C)(C)C=CC(C)(C)C. The molecule has 0 aromatic heterocycles. The van der Waals surface area contributed by atoms with Gasteiger partial charge in [0.1, 0.15) is 0 Å². The molecule has 0 aromatic rings. The molecule has 0 saturated heterocycles. The van der Waals surface area contributed by atoms with Gasteiger partial charge < -0.3 is 0 Å².